The van der Waals surface area contributed by atoms with Gasteiger partial charge in [0.05, 0.1) is 0 Å². The summed E-state index contributed by atoms with van der Waals surface area (Å²) in [7, 11) is 0. The zero-order chi connectivity index (χ0) is 8.43. The molecule has 0 amide bonds. The van der Waals surface area contributed by atoms with E-state index in [9.17, 15) is 4.79 Å². The molecule has 0 saturated carbocycles. The predicted octanol–water partition coefficient (Wildman–Crippen LogP) is 1.20. The average Bonchev–Trinajstić information content (AvgIpc) is 1.94. The molecule has 0 aliphatic heterocycles. The van der Waals surface area contributed by atoms with Crippen molar-refractivity contribution in [1.82, 2.24) is 0 Å². The van der Waals surface area contributed by atoms with E-state index in [4.69, 9.17) is 10.2 Å². The van der Waals surface area contributed by atoms with Crippen molar-refractivity contribution in [2.75, 3.05) is 0 Å². The largest absolute Gasteiger partial charge is 0.565 e. The van der Waals surface area contributed by atoms with Crippen LogP contribution in [0.5, 0.6) is 5.75 Å². The van der Waals surface area contributed by atoms with Crippen molar-refractivity contribution in [3.05, 3.63) is 29.3 Å². The van der Waals surface area contributed by atoms with Gasteiger partial charge in [0.2, 0.25) is 0 Å². The number of aromatic carboxylic acids is 1. The summed E-state index contributed by atoms with van der Waals surface area (Å²) in [6.45, 7) is 1.60. The van der Waals surface area contributed by atoms with E-state index in [1.165, 1.54) is 12.1 Å². The summed E-state index contributed by atoms with van der Waals surface area (Å²) in [5, 5.41) is 17.7. The van der Waals surface area contributed by atoms with Crippen LogP contribution in [0.1, 0.15) is 15.9 Å². The van der Waals surface area contributed by atoms with Gasteiger partial charge >= 0.3 is 5.97 Å². The van der Waals surface area contributed by atoms with Gasteiger partial charge in [-0.25, -0.2) is 4.79 Å². The van der Waals surface area contributed by atoms with Gasteiger partial charge in [0.1, 0.15) is 0 Å². The Labute approximate surface area is 95.3 Å². The van der Waals surface area contributed by atoms with Crippen LogP contribution in [0.15, 0.2) is 12.1 Å². The second-order valence-corrected chi connectivity index (χ2v) is 2.17. The minimum Gasteiger partial charge on any atom is -0.565 e. The first-order valence-electron chi connectivity index (χ1n) is 3.06. The third-order valence-electron chi connectivity index (χ3n) is 1.39. The number of aryl methyl sites for hydroxylation is 1. The minimum absolute atomic E-state index is 0. The number of carboxylic acids is 1. The number of carboxylic acid groups (broad SMARTS) is 1. The predicted molar refractivity (Wildman–Crippen MR) is 38.6 cm³/mol. The van der Waals surface area contributed by atoms with E-state index in [1.54, 1.807) is 6.92 Å². The standard InChI is InChI=1S/C8H7O3.Y/c1-5-3-2-4-6(7(5)9)8(10)11;/h2,4,9H,1H3,(H,10,11);/q-1;. The van der Waals surface area contributed by atoms with Gasteiger partial charge in [-0.3, -0.25) is 0 Å². The first-order chi connectivity index (χ1) is 5.13. The minimum atomic E-state index is -1.13. The molecule has 1 aromatic carbocycles. The summed E-state index contributed by atoms with van der Waals surface area (Å²) in [6, 6.07) is 5.46. The van der Waals surface area contributed by atoms with Gasteiger partial charge < -0.3 is 10.2 Å². The summed E-state index contributed by atoms with van der Waals surface area (Å²) < 4.78 is 0. The van der Waals surface area contributed by atoms with Gasteiger partial charge in [0.25, 0.3) is 0 Å². The molecule has 1 aromatic rings. The number of benzene rings is 1. The fourth-order valence-electron chi connectivity index (χ4n) is 0.772. The SMILES string of the molecule is Cc1[c-]ccc(C(=O)O)c1O.[Y]. The van der Waals surface area contributed by atoms with Gasteiger partial charge in [-0.2, -0.15) is 18.2 Å². The Morgan fingerprint density at radius 3 is 2.58 bits per heavy atom. The topological polar surface area (TPSA) is 57.5 Å². The van der Waals surface area contributed by atoms with Crippen molar-refractivity contribution >= 4 is 5.97 Å². The summed E-state index contributed by atoms with van der Waals surface area (Å²) in [5.74, 6) is -1.33. The first kappa shape index (κ1) is 11.6. The molecule has 0 fully saturated rings. The third kappa shape index (κ3) is 2.29. The van der Waals surface area contributed by atoms with Crippen LogP contribution in [-0.2, 0) is 32.7 Å². The Morgan fingerprint density at radius 2 is 2.17 bits per heavy atom. The van der Waals surface area contributed by atoms with Crippen LogP contribution in [0, 0.1) is 13.0 Å². The Hall–Kier alpha value is -0.406. The van der Waals surface area contributed by atoms with Gasteiger partial charge in [-0.05, 0) is 5.56 Å². The number of hydrogen-bond acceptors (Lipinski definition) is 2. The average molecular weight is 240 g/mol. The molecule has 0 spiro atoms. The molecule has 0 heterocycles. The summed E-state index contributed by atoms with van der Waals surface area (Å²) >= 11 is 0. The molecular formula is C8H7O3Y-. The molecular weight excluding hydrogens is 233 g/mol. The van der Waals surface area contributed by atoms with Crippen molar-refractivity contribution < 1.29 is 47.7 Å². The third-order valence-corrected chi connectivity index (χ3v) is 1.39. The maximum atomic E-state index is 10.4. The number of phenols is 1. The number of hydrogen-bond donors (Lipinski definition) is 2. The Bertz CT molecular complexity index is 296. The fourth-order valence-corrected chi connectivity index (χ4v) is 0.772. The number of aromatic hydroxyl groups is 1. The van der Waals surface area contributed by atoms with Crippen LogP contribution in [0.25, 0.3) is 0 Å². The normalized spacial score (nSPS) is 8.75. The van der Waals surface area contributed by atoms with Crippen LogP contribution in [0.2, 0.25) is 0 Å². The fraction of sp³-hybridized carbons (Fsp3) is 0.125. The summed E-state index contributed by atoms with van der Waals surface area (Å²) in [4.78, 5) is 10.4. The summed E-state index contributed by atoms with van der Waals surface area (Å²) in [5.41, 5.74) is 0.367. The van der Waals surface area contributed by atoms with E-state index in [-0.39, 0.29) is 44.0 Å². The van der Waals surface area contributed by atoms with E-state index < -0.39 is 5.97 Å². The Balaban J connectivity index is 0.00000121. The van der Waals surface area contributed by atoms with Crippen molar-refractivity contribution in [2.45, 2.75) is 6.92 Å². The second-order valence-electron chi connectivity index (χ2n) is 2.17. The van der Waals surface area contributed by atoms with Crippen molar-refractivity contribution in [3.8, 4) is 5.75 Å². The molecule has 0 bridgehead atoms. The quantitative estimate of drug-likeness (QED) is 0.725. The Morgan fingerprint density at radius 1 is 1.58 bits per heavy atom. The van der Waals surface area contributed by atoms with Gasteiger partial charge in [-0.15, -0.1) is 5.56 Å². The van der Waals surface area contributed by atoms with E-state index >= 15 is 0 Å². The van der Waals surface area contributed by atoms with Crippen LogP contribution >= 0.6 is 0 Å². The molecule has 61 valence electrons. The van der Waals surface area contributed by atoms with E-state index in [2.05, 4.69) is 6.07 Å². The zero-order valence-corrected chi connectivity index (χ0v) is 9.37. The zero-order valence-electron chi connectivity index (χ0n) is 6.53. The molecule has 4 heteroatoms. The summed E-state index contributed by atoms with van der Waals surface area (Å²) in [6.07, 6.45) is 0. The van der Waals surface area contributed by atoms with Gasteiger partial charge in [0, 0.05) is 38.5 Å². The van der Waals surface area contributed by atoms with Crippen LogP contribution in [-0.4, -0.2) is 16.2 Å². The molecule has 1 rings (SSSR count). The van der Waals surface area contributed by atoms with Crippen LogP contribution < -0.4 is 0 Å². The molecule has 0 saturated heterocycles. The molecule has 12 heavy (non-hydrogen) atoms. The van der Waals surface area contributed by atoms with Crippen molar-refractivity contribution in [3.63, 3.8) is 0 Å². The van der Waals surface area contributed by atoms with Crippen LogP contribution in [0.4, 0.5) is 0 Å². The van der Waals surface area contributed by atoms with Gasteiger partial charge in [-0.1, -0.05) is 6.92 Å². The maximum Gasteiger partial charge on any atom is 0.314 e. The van der Waals surface area contributed by atoms with Gasteiger partial charge in [0.15, 0.2) is 0 Å². The molecule has 0 atom stereocenters. The monoisotopic (exact) mass is 240 g/mol. The second kappa shape index (κ2) is 4.58. The maximum absolute atomic E-state index is 10.4. The van der Waals surface area contributed by atoms with Crippen LogP contribution in [0.3, 0.4) is 0 Å². The molecule has 0 aliphatic carbocycles. The number of rotatable bonds is 1. The number of carbonyl (C=O) groups is 1. The smallest absolute Gasteiger partial charge is 0.314 e. The Kier molecular flexibility index (Phi) is 4.42. The van der Waals surface area contributed by atoms with Crippen molar-refractivity contribution in [1.29, 1.82) is 0 Å². The molecule has 2 N–H and O–H groups in total. The van der Waals surface area contributed by atoms with E-state index in [1.807, 2.05) is 0 Å². The molecule has 1 radical (unpaired) electrons. The van der Waals surface area contributed by atoms with E-state index in [0.29, 0.717) is 5.56 Å². The first-order valence-corrected chi connectivity index (χ1v) is 3.06. The molecule has 0 aromatic heterocycles. The molecule has 3 nitrogen and oxygen atoms in total. The van der Waals surface area contributed by atoms with Crippen molar-refractivity contribution in [2.24, 2.45) is 0 Å². The van der Waals surface area contributed by atoms with E-state index in [0.717, 1.165) is 0 Å². The molecule has 0 aliphatic rings. The molecule has 0 unspecified atom stereocenters.